The van der Waals surface area contributed by atoms with Gasteiger partial charge in [-0.15, -0.1) is 0 Å². The van der Waals surface area contributed by atoms with Gasteiger partial charge in [0.15, 0.2) is 24.4 Å². The molecule has 3 fully saturated rings. The third kappa shape index (κ3) is 4.54. The smallest absolute Gasteiger partial charge is 0.424 e. The SMILES string of the molecule is CCCC(C)CO[C@@H]1[C@H]2OC(=O)O[C@H]2[C@@H](OCC(C)CCC)[C@@H]2OC(=O)O[C@@H]12. The summed E-state index contributed by atoms with van der Waals surface area (Å²) in [5, 5.41) is 0. The van der Waals surface area contributed by atoms with Crippen LogP contribution in [-0.2, 0) is 28.4 Å². The number of carbonyl (C=O) groups excluding carboxylic acids is 2. The standard InChI is InChI=1S/C20H32O8/c1-5-7-11(3)9-23-13-15-17(27-19(21)25-15)14(24-10-12(4)8-6-2)18-16(13)26-20(22)28-18/h11-18H,5-10H2,1-4H3/t11?,12?,13-,14-,15-,16-,17-,18+/m0/s1. The molecule has 160 valence electrons. The summed E-state index contributed by atoms with van der Waals surface area (Å²) in [7, 11) is 0. The molecule has 3 rings (SSSR count). The van der Waals surface area contributed by atoms with Crippen molar-refractivity contribution in [3.8, 4) is 0 Å². The van der Waals surface area contributed by atoms with Gasteiger partial charge in [-0.05, 0) is 24.7 Å². The maximum atomic E-state index is 11.9. The van der Waals surface area contributed by atoms with Gasteiger partial charge in [0.25, 0.3) is 0 Å². The second-order valence-electron chi connectivity index (χ2n) is 8.21. The summed E-state index contributed by atoms with van der Waals surface area (Å²) >= 11 is 0. The van der Waals surface area contributed by atoms with Crippen molar-refractivity contribution in [2.24, 2.45) is 11.8 Å². The van der Waals surface area contributed by atoms with E-state index in [1.807, 2.05) is 0 Å². The van der Waals surface area contributed by atoms with E-state index in [0.29, 0.717) is 25.0 Å². The van der Waals surface area contributed by atoms with Gasteiger partial charge in [0.1, 0.15) is 12.2 Å². The van der Waals surface area contributed by atoms with Gasteiger partial charge in [-0.3, -0.25) is 0 Å². The minimum absolute atomic E-state index is 0.335. The highest BCUT2D eigenvalue weighted by Crippen LogP contribution is 2.40. The normalized spacial score (nSPS) is 35.9. The zero-order chi connectivity index (χ0) is 20.3. The predicted octanol–water partition coefficient (Wildman–Crippen LogP) is 3.45. The van der Waals surface area contributed by atoms with E-state index in [4.69, 9.17) is 28.4 Å². The molecule has 0 bridgehead atoms. The molecule has 0 aromatic rings. The first kappa shape index (κ1) is 21.2. The minimum Gasteiger partial charge on any atom is -0.424 e. The summed E-state index contributed by atoms with van der Waals surface area (Å²) in [6, 6.07) is 0. The van der Waals surface area contributed by atoms with Crippen LogP contribution in [0.15, 0.2) is 0 Å². The van der Waals surface area contributed by atoms with Crippen LogP contribution in [0.4, 0.5) is 9.59 Å². The number of ether oxygens (including phenoxy) is 6. The lowest BCUT2D eigenvalue weighted by molar-refractivity contribution is -0.190. The van der Waals surface area contributed by atoms with Gasteiger partial charge < -0.3 is 28.4 Å². The zero-order valence-electron chi connectivity index (χ0n) is 17.1. The van der Waals surface area contributed by atoms with Crippen LogP contribution >= 0.6 is 0 Å². The molecule has 3 aliphatic rings. The summed E-state index contributed by atoms with van der Waals surface area (Å²) < 4.78 is 33.7. The van der Waals surface area contributed by atoms with Gasteiger partial charge in [-0.2, -0.15) is 0 Å². The fourth-order valence-electron chi connectivity index (χ4n) is 4.24. The van der Waals surface area contributed by atoms with Gasteiger partial charge in [-0.1, -0.05) is 40.5 Å². The number of carbonyl (C=O) groups is 2. The lowest BCUT2D eigenvalue weighted by atomic mass is 9.84. The Bertz CT molecular complexity index is 476. The lowest BCUT2D eigenvalue weighted by Crippen LogP contribution is -2.63. The second kappa shape index (κ2) is 9.31. The molecule has 28 heavy (non-hydrogen) atoms. The molecule has 8 heteroatoms. The molecule has 8 nitrogen and oxygen atoms in total. The van der Waals surface area contributed by atoms with Gasteiger partial charge in [-0.25, -0.2) is 9.59 Å². The van der Waals surface area contributed by atoms with Crippen LogP contribution in [0.3, 0.4) is 0 Å². The molecule has 2 aliphatic heterocycles. The van der Waals surface area contributed by atoms with E-state index in [9.17, 15) is 9.59 Å². The number of fused-ring (bicyclic) bond motifs is 2. The number of rotatable bonds is 10. The minimum atomic E-state index is -0.758. The van der Waals surface area contributed by atoms with E-state index in [-0.39, 0.29) is 0 Å². The van der Waals surface area contributed by atoms with E-state index in [1.165, 1.54) is 0 Å². The van der Waals surface area contributed by atoms with Crippen molar-refractivity contribution in [3.63, 3.8) is 0 Å². The van der Waals surface area contributed by atoms with Crippen LogP contribution in [0.1, 0.15) is 53.4 Å². The Morgan fingerprint density at radius 3 is 1.32 bits per heavy atom. The maximum absolute atomic E-state index is 11.9. The van der Waals surface area contributed by atoms with Crippen LogP contribution in [0.2, 0.25) is 0 Å². The highest BCUT2D eigenvalue weighted by Gasteiger charge is 2.64. The van der Waals surface area contributed by atoms with Crippen molar-refractivity contribution in [1.29, 1.82) is 0 Å². The molecule has 0 radical (unpaired) electrons. The average Bonchev–Trinajstić information content (AvgIpc) is 3.20. The molecule has 2 heterocycles. The largest absolute Gasteiger partial charge is 0.509 e. The highest BCUT2D eigenvalue weighted by atomic mass is 16.8. The molecular weight excluding hydrogens is 368 g/mol. The molecule has 1 aliphatic carbocycles. The van der Waals surface area contributed by atoms with Crippen molar-refractivity contribution < 1.29 is 38.0 Å². The van der Waals surface area contributed by atoms with Crippen LogP contribution in [0, 0.1) is 11.8 Å². The average molecular weight is 400 g/mol. The van der Waals surface area contributed by atoms with Crippen molar-refractivity contribution in [3.05, 3.63) is 0 Å². The summed E-state index contributed by atoms with van der Waals surface area (Å²) in [4.78, 5) is 23.7. The molecule has 2 saturated heterocycles. The molecule has 0 amide bonds. The summed E-state index contributed by atoms with van der Waals surface area (Å²) in [6.07, 6.45) is -1.42. The van der Waals surface area contributed by atoms with Gasteiger partial charge in [0.05, 0.1) is 0 Å². The van der Waals surface area contributed by atoms with Crippen LogP contribution in [-0.4, -0.2) is 62.1 Å². The molecule has 0 spiro atoms. The van der Waals surface area contributed by atoms with Crippen molar-refractivity contribution in [2.75, 3.05) is 13.2 Å². The Balaban J connectivity index is 1.74. The van der Waals surface area contributed by atoms with E-state index < -0.39 is 48.9 Å². The highest BCUT2D eigenvalue weighted by molar-refractivity contribution is 5.65. The predicted molar refractivity (Wildman–Crippen MR) is 97.9 cm³/mol. The van der Waals surface area contributed by atoms with Crippen LogP contribution in [0.25, 0.3) is 0 Å². The molecule has 0 aromatic carbocycles. The fourth-order valence-corrected chi connectivity index (χ4v) is 4.24. The van der Waals surface area contributed by atoms with Gasteiger partial charge >= 0.3 is 12.3 Å². The number of hydrogen-bond acceptors (Lipinski definition) is 8. The van der Waals surface area contributed by atoms with Crippen LogP contribution in [0.5, 0.6) is 0 Å². The lowest BCUT2D eigenvalue weighted by Gasteiger charge is -2.40. The first-order valence-corrected chi connectivity index (χ1v) is 10.4. The second-order valence-corrected chi connectivity index (χ2v) is 8.21. The third-order valence-electron chi connectivity index (χ3n) is 5.58. The Morgan fingerprint density at radius 1 is 0.714 bits per heavy atom. The van der Waals surface area contributed by atoms with E-state index in [2.05, 4.69) is 27.7 Å². The Labute approximate surface area is 166 Å². The van der Waals surface area contributed by atoms with E-state index >= 15 is 0 Å². The van der Waals surface area contributed by atoms with E-state index in [1.54, 1.807) is 0 Å². The molecule has 2 unspecified atom stereocenters. The zero-order valence-corrected chi connectivity index (χ0v) is 17.1. The summed E-state index contributed by atoms with van der Waals surface area (Å²) in [6.45, 7) is 9.36. The Hall–Kier alpha value is -1.54. The van der Waals surface area contributed by atoms with Crippen molar-refractivity contribution in [2.45, 2.75) is 90.0 Å². The van der Waals surface area contributed by atoms with Crippen molar-refractivity contribution >= 4 is 12.3 Å². The van der Waals surface area contributed by atoms with E-state index in [0.717, 1.165) is 25.7 Å². The van der Waals surface area contributed by atoms with Crippen molar-refractivity contribution in [1.82, 2.24) is 0 Å². The molecule has 1 saturated carbocycles. The maximum Gasteiger partial charge on any atom is 0.509 e. The Morgan fingerprint density at radius 2 is 1.04 bits per heavy atom. The molecule has 0 aromatic heterocycles. The first-order chi connectivity index (χ1) is 13.4. The summed E-state index contributed by atoms with van der Waals surface area (Å²) in [5.74, 6) is 0.670. The Kier molecular flexibility index (Phi) is 7.04. The topological polar surface area (TPSA) is 89.5 Å². The quantitative estimate of drug-likeness (QED) is 0.515. The monoisotopic (exact) mass is 400 g/mol. The first-order valence-electron chi connectivity index (χ1n) is 10.4. The third-order valence-corrected chi connectivity index (χ3v) is 5.58. The molecule has 8 atom stereocenters. The molecular formula is C20H32O8. The fraction of sp³-hybridized carbons (Fsp3) is 0.900. The summed E-state index contributed by atoms with van der Waals surface area (Å²) in [5.41, 5.74) is 0. The van der Waals surface area contributed by atoms with Gasteiger partial charge in [0, 0.05) is 13.2 Å². The number of hydrogen-bond donors (Lipinski definition) is 0. The van der Waals surface area contributed by atoms with Gasteiger partial charge in [0.2, 0.25) is 0 Å². The molecule has 0 N–H and O–H groups in total. The van der Waals surface area contributed by atoms with Crippen LogP contribution < -0.4 is 0 Å².